The van der Waals surface area contributed by atoms with Gasteiger partial charge >= 0.3 is 0 Å². The topological polar surface area (TPSA) is 9.23 Å². The molecular weight excluding hydrogens is 263 g/mol. The maximum absolute atomic E-state index is 5.81. The Kier molecular flexibility index (Phi) is 3.69. The molecule has 0 fully saturated rings. The molecule has 0 aliphatic heterocycles. The molecule has 0 spiro atoms. The minimum absolute atomic E-state index is 0.512. The molecule has 0 heterocycles. The number of rotatable bonds is 2. The standard InChI is InChI=1S/C8H7BrCl2O/c1-12-8-3-7(11)6(10)2-5(8)4-9/h2-3H,4H2,1H3. The van der Waals surface area contributed by atoms with E-state index in [0.29, 0.717) is 15.4 Å². The smallest absolute Gasteiger partial charge is 0.124 e. The Hall–Kier alpha value is 0.0800. The molecule has 1 aromatic rings. The third kappa shape index (κ3) is 2.06. The van der Waals surface area contributed by atoms with Gasteiger partial charge in [-0.3, -0.25) is 0 Å². The molecule has 1 rings (SSSR count). The summed E-state index contributed by atoms with van der Waals surface area (Å²) in [4.78, 5) is 0. The van der Waals surface area contributed by atoms with Gasteiger partial charge in [-0.15, -0.1) is 0 Å². The Morgan fingerprint density at radius 2 is 1.92 bits per heavy atom. The number of methoxy groups -OCH3 is 1. The number of alkyl halides is 1. The van der Waals surface area contributed by atoms with E-state index in [1.807, 2.05) is 0 Å². The normalized spacial score (nSPS) is 10.0. The Morgan fingerprint density at radius 3 is 2.42 bits per heavy atom. The van der Waals surface area contributed by atoms with Crippen LogP contribution in [0, 0.1) is 0 Å². The zero-order chi connectivity index (χ0) is 9.14. The molecule has 1 aromatic carbocycles. The van der Waals surface area contributed by atoms with E-state index >= 15 is 0 Å². The van der Waals surface area contributed by atoms with Crippen LogP contribution in [0.3, 0.4) is 0 Å². The number of hydrogen-bond donors (Lipinski definition) is 0. The van der Waals surface area contributed by atoms with Crippen LogP contribution in [0.2, 0.25) is 10.0 Å². The molecule has 1 nitrogen and oxygen atoms in total. The molecule has 4 heteroatoms. The summed E-state index contributed by atoms with van der Waals surface area (Å²) < 4.78 is 5.10. The summed E-state index contributed by atoms with van der Waals surface area (Å²) in [5.41, 5.74) is 0.993. The Labute approximate surface area is 89.7 Å². The first kappa shape index (κ1) is 10.2. The van der Waals surface area contributed by atoms with Crippen molar-refractivity contribution in [3.8, 4) is 5.75 Å². The predicted octanol–water partition coefficient (Wildman–Crippen LogP) is 3.90. The predicted molar refractivity (Wildman–Crippen MR) is 55.6 cm³/mol. The Balaban J connectivity index is 3.19. The molecule has 0 aliphatic carbocycles. The maximum Gasteiger partial charge on any atom is 0.124 e. The van der Waals surface area contributed by atoms with E-state index in [2.05, 4.69) is 15.9 Å². The lowest BCUT2D eigenvalue weighted by molar-refractivity contribution is 0.411. The highest BCUT2D eigenvalue weighted by Crippen LogP contribution is 2.31. The molecule has 0 saturated heterocycles. The van der Waals surface area contributed by atoms with Gasteiger partial charge in [0.1, 0.15) is 5.75 Å². The summed E-state index contributed by atoms with van der Waals surface area (Å²) in [6.45, 7) is 0. The summed E-state index contributed by atoms with van der Waals surface area (Å²) in [6, 6.07) is 3.50. The average molecular weight is 270 g/mol. The van der Waals surface area contributed by atoms with E-state index in [1.165, 1.54) is 0 Å². The van der Waals surface area contributed by atoms with E-state index in [-0.39, 0.29) is 0 Å². The second kappa shape index (κ2) is 4.35. The average Bonchev–Trinajstić information content (AvgIpc) is 2.09. The SMILES string of the molecule is COc1cc(Cl)c(Cl)cc1CBr. The van der Waals surface area contributed by atoms with Crippen molar-refractivity contribution >= 4 is 39.1 Å². The van der Waals surface area contributed by atoms with Gasteiger partial charge in [0.2, 0.25) is 0 Å². The Bertz CT molecular complexity index is 260. The van der Waals surface area contributed by atoms with E-state index in [4.69, 9.17) is 27.9 Å². The quantitative estimate of drug-likeness (QED) is 0.740. The van der Waals surface area contributed by atoms with Crippen molar-refractivity contribution in [3.63, 3.8) is 0 Å². The fourth-order valence-electron chi connectivity index (χ4n) is 0.864. The van der Waals surface area contributed by atoms with Crippen LogP contribution in [0.25, 0.3) is 0 Å². The van der Waals surface area contributed by atoms with Gasteiger partial charge in [0.25, 0.3) is 0 Å². The fraction of sp³-hybridized carbons (Fsp3) is 0.250. The van der Waals surface area contributed by atoms with Gasteiger partial charge in [-0.2, -0.15) is 0 Å². The van der Waals surface area contributed by atoms with Crippen molar-refractivity contribution < 1.29 is 4.74 Å². The van der Waals surface area contributed by atoms with Crippen LogP contribution < -0.4 is 4.74 Å². The molecule has 0 aromatic heterocycles. The van der Waals surface area contributed by atoms with Gasteiger partial charge in [0, 0.05) is 17.0 Å². The van der Waals surface area contributed by atoms with Crippen molar-refractivity contribution in [1.29, 1.82) is 0 Å². The zero-order valence-electron chi connectivity index (χ0n) is 6.40. The summed E-state index contributed by atoms with van der Waals surface area (Å²) in [5, 5.41) is 1.76. The van der Waals surface area contributed by atoms with E-state index in [1.54, 1.807) is 19.2 Å². The highest BCUT2D eigenvalue weighted by Gasteiger charge is 2.06. The molecule has 0 unspecified atom stereocenters. The van der Waals surface area contributed by atoms with Crippen LogP contribution in [-0.2, 0) is 5.33 Å². The monoisotopic (exact) mass is 268 g/mol. The molecule has 66 valence electrons. The molecular formula is C8H7BrCl2O. The van der Waals surface area contributed by atoms with Gasteiger partial charge in [-0.25, -0.2) is 0 Å². The number of ether oxygens (including phenoxy) is 1. The van der Waals surface area contributed by atoms with E-state index < -0.39 is 0 Å². The van der Waals surface area contributed by atoms with Crippen LogP contribution >= 0.6 is 39.1 Å². The lowest BCUT2D eigenvalue weighted by Gasteiger charge is -2.07. The largest absolute Gasteiger partial charge is 0.496 e. The van der Waals surface area contributed by atoms with Crippen molar-refractivity contribution in [2.24, 2.45) is 0 Å². The fourth-order valence-corrected chi connectivity index (χ4v) is 1.64. The minimum Gasteiger partial charge on any atom is -0.496 e. The molecule has 0 radical (unpaired) electrons. The first-order valence-corrected chi connectivity index (χ1v) is 5.14. The first-order chi connectivity index (χ1) is 5.69. The summed E-state index contributed by atoms with van der Waals surface area (Å²) in [7, 11) is 1.60. The molecule has 0 N–H and O–H groups in total. The van der Waals surface area contributed by atoms with E-state index in [0.717, 1.165) is 11.3 Å². The molecule has 0 saturated carbocycles. The van der Waals surface area contributed by atoms with Crippen molar-refractivity contribution in [2.45, 2.75) is 5.33 Å². The lowest BCUT2D eigenvalue weighted by atomic mass is 10.2. The van der Waals surface area contributed by atoms with Gasteiger partial charge in [0.15, 0.2) is 0 Å². The summed E-state index contributed by atoms with van der Waals surface area (Å²) in [6.07, 6.45) is 0. The van der Waals surface area contributed by atoms with Crippen LogP contribution in [0.15, 0.2) is 12.1 Å². The van der Waals surface area contributed by atoms with E-state index in [9.17, 15) is 0 Å². The van der Waals surface area contributed by atoms with Crippen LogP contribution in [0.4, 0.5) is 0 Å². The van der Waals surface area contributed by atoms with Crippen molar-refractivity contribution in [3.05, 3.63) is 27.7 Å². The van der Waals surface area contributed by atoms with Gasteiger partial charge < -0.3 is 4.74 Å². The molecule has 0 atom stereocenters. The van der Waals surface area contributed by atoms with Crippen LogP contribution in [0.5, 0.6) is 5.75 Å². The first-order valence-electron chi connectivity index (χ1n) is 3.27. The summed E-state index contributed by atoms with van der Waals surface area (Å²) in [5.74, 6) is 0.751. The number of halogens is 3. The van der Waals surface area contributed by atoms with Crippen molar-refractivity contribution in [2.75, 3.05) is 7.11 Å². The highest BCUT2D eigenvalue weighted by atomic mass is 79.9. The molecule has 0 bridgehead atoms. The highest BCUT2D eigenvalue weighted by molar-refractivity contribution is 9.08. The van der Waals surface area contributed by atoms with Gasteiger partial charge in [0.05, 0.1) is 17.2 Å². The number of hydrogen-bond acceptors (Lipinski definition) is 1. The van der Waals surface area contributed by atoms with Gasteiger partial charge in [-0.1, -0.05) is 39.1 Å². The third-order valence-corrected chi connectivity index (χ3v) is 2.79. The zero-order valence-corrected chi connectivity index (χ0v) is 9.50. The summed E-state index contributed by atoms with van der Waals surface area (Å²) >= 11 is 14.9. The van der Waals surface area contributed by atoms with Crippen LogP contribution in [-0.4, -0.2) is 7.11 Å². The second-order valence-electron chi connectivity index (χ2n) is 2.21. The number of benzene rings is 1. The minimum atomic E-state index is 0.512. The lowest BCUT2D eigenvalue weighted by Crippen LogP contribution is -1.89. The second-order valence-corrected chi connectivity index (χ2v) is 3.59. The third-order valence-electron chi connectivity index (χ3n) is 1.47. The molecule has 0 aliphatic rings. The molecule has 12 heavy (non-hydrogen) atoms. The van der Waals surface area contributed by atoms with Crippen molar-refractivity contribution in [1.82, 2.24) is 0 Å². The Morgan fingerprint density at radius 1 is 1.33 bits per heavy atom. The van der Waals surface area contributed by atoms with Gasteiger partial charge in [-0.05, 0) is 6.07 Å². The molecule has 0 amide bonds. The maximum atomic E-state index is 5.81. The van der Waals surface area contributed by atoms with Crippen LogP contribution in [0.1, 0.15) is 5.56 Å².